The van der Waals surface area contributed by atoms with E-state index in [-0.39, 0.29) is 0 Å². The molecule has 0 aliphatic carbocycles. The molecule has 4 nitrogen and oxygen atoms in total. The van der Waals surface area contributed by atoms with E-state index < -0.39 is 11.7 Å². The number of halogens is 3. The van der Waals surface area contributed by atoms with Crippen LogP contribution in [0.25, 0.3) is 11.0 Å². The summed E-state index contributed by atoms with van der Waals surface area (Å²) in [5.41, 5.74) is 0.587. The summed E-state index contributed by atoms with van der Waals surface area (Å²) in [7, 11) is 0. The molecule has 25 heavy (non-hydrogen) atoms. The van der Waals surface area contributed by atoms with Crippen molar-refractivity contribution in [2.75, 3.05) is 32.8 Å². The van der Waals surface area contributed by atoms with E-state index in [4.69, 9.17) is 4.74 Å². The van der Waals surface area contributed by atoms with E-state index in [9.17, 15) is 13.2 Å². The summed E-state index contributed by atoms with van der Waals surface area (Å²) in [5, 5.41) is 0. The number of alkyl halides is 3. The lowest BCUT2D eigenvalue weighted by molar-refractivity contribution is -0.137. The van der Waals surface area contributed by atoms with Gasteiger partial charge in [-0.2, -0.15) is 13.2 Å². The van der Waals surface area contributed by atoms with Gasteiger partial charge < -0.3 is 9.30 Å². The highest BCUT2D eigenvalue weighted by atomic mass is 19.4. The molecule has 1 aliphatic heterocycles. The molecule has 1 saturated heterocycles. The third-order valence-electron chi connectivity index (χ3n) is 4.59. The second-order valence-corrected chi connectivity index (χ2v) is 6.44. The van der Waals surface area contributed by atoms with E-state index >= 15 is 0 Å². The van der Waals surface area contributed by atoms with Gasteiger partial charge in [-0.25, -0.2) is 4.98 Å². The van der Waals surface area contributed by atoms with Crippen molar-refractivity contribution in [1.29, 1.82) is 0 Å². The number of rotatable bonds is 6. The third-order valence-corrected chi connectivity index (χ3v) is 4.59. The molecule has 0 spiro atoms. The van der Waals surface area contributed by atoms with Gasteiger partial charge in [0.2, 0.25) is 0 Å². The highest BCUT2D eigenvalue weighted by molar-refractivity contribution is 5.77. The van der Waals surface area contributed by atoms with Crippen molar-refractivity contribution in [1.82, 2.24) is 14.5 Å². The monoisotopic (exact) mass is 355 g/mol. The quantitative estimate of drug-likeness (QED) is 0.791. The Labute approximate surface area is 145 Å². The smallest absolute Gasteiger partial charge is 0.379 e. The molecule has 2 aromatic rings. The molecule has 0 N–H and O–H groups in total. The van der Waals surface area contributed by atoms with Gasteiger partial charge in [0.15, 0.2) is 0 Å². The summed E-state index contributed by atoms with van der Waals surface area (Å²) in [5.74, 6) is 0.874. The van der Waals surface area contributed by atoms with Crippen LogP contribution in [0.3, 0.4) is 0 Å². The minimum atomic E-state index is -4.33. The van der Waals surface area contributed by atoms with Crippen LogP contribution in [0.5, 0.6) is 0 Å². The number of benzene rings is 1. The first-order valence-electron chi connectivity index (χ1n) is 8.85. The second-order valence-electron chi connectivity index (χ2n) is 6.44. The fourth-order valence-corrected chi connectivity index (χ4v) is 3.30. The van der Waals surface area contributed by atoms with Crippen LogP contribution >= 0.6 is 0 Å². The lowest BCUT2D eigenvalue weighted by atomic mass is 10.2. The maximum absolute atomic E-state index is 12.9. The Hall–Kier alpha value is -1.60. The molecule has 3 rings (SSSR count). The van der Waals surface area contributed by atoms with E-state index in [1.54, 1.807) is 6.07 Å². The molecule has 1 aromatic carbocycles. The van der Waals surface area contributed by atoms with Crippen molar-refractivity contribution >= 4 is 11.0 Å². The van der Waals surface area contributed by atoms with Crippen LogP contribution in [-0.2, 0) is 23.9 Å². The first-order valence-corrected chi connectivity index (χ1v) is 8.85. The second kappa shape index (κ2) is 7.74. The lowest BCUT2D eigenvalue weighted by Gasteiger charge is -2.26. The highest BCUT2D eigenvalue weighted by Gasteiger charge is 2.31. The molecule has 0 saturated carbocycles. The van der Waals surface area contributed by atoms with Crippen molar-refractivity contribution in [2.45, 2.75) is 38.9 Å². The SMILES string of the molecule is CCCc1nc2cc(C(F)(F)F)ccc2n1CCCN1CCOCC1. The molecular weight excluding hydrogens is 331 g/mol. The number of hydrogen-bond acceptors (Lipinski definition) is 3. The summed E-state index contributed by atoms with van der Waals surface area (Å²) < 4.78 is 46.2. The Morgan fingerprint density at radius 1 is 1.16 bits per heavy atom. The zero-order valence-electron chi connectivity index (χ0n) is 14.5. The van der Waals surface area contributed by atoms with E-state index in [0.29, 0.717) is 5.52 Å². The molecule has 0 unspecified atom stereocenters. The number of ether oxygens (including phenoxy) is 1. The van der Waals surface area contributed by atoms with Gasteiger partial charge in [0.05, 0.1) is 29.8 Å². The average Bonchev–Trinajstić information content (AvgIpc) is 2.92. The molecule has 0 atom stereocenters. The normalized spacial score (nSPS) is 16.6. The molecule has 1 aliphatic rings. The van der Waals surface area contributed by atoms with Crippen molar-refractivity contribution < 1.29 is 17.9 Å². The van der Waals surface area contributed by atoms with Gasteiger partial charge in [0.1, 0.15) is 5.82 Å². The topological polar surface area (TPSA) is 30.3 Å². The Bertz CT molecular complexity index is 705. The predicted molar refractivity (Wildman–Crippen MR) is 90.6 cm³/mol. The van der Waals surface area contributed by atoms with Gasteiger partial charge in [-0.1, -0.05) is 6.92 Å². The third kappa shape index (κ3) is 4.33. The molecule has 7 heteroatoms. The van der Waals surface area contributed by atoms with Crippen LogP contribution in [0.1, 0.15) is 31.2 Å². The minimum absolute atomic E-state index is 0.435. The maximum Gasteiger partial charge on any atom is 0.416 e. The standard InChI is InChI=1S/C18H24F3N3O/c1-2-4-17-22-15-13-14(18(19,20)21)5-6-16(15)24(17)8-3-7-23-9-11-25-12-10-23/h5-6,13H,2-4,7-12H2,1H3. The number of morpholine rings is 1. The zero-order chi connectivity index (χ0) is 17.9. The molecule has 0 amide bonds. The fraction of sp³-hybridized carbons (Fsp3) is 0.611. The molecule has 1 fully saturated rings. The van der Waals surface area contributed by atoms with Crippen LogP contribution in [0.4, 0.5) is 13.2 Å². The number of fused-ring (bicyclic) bond motifs is 1. The Balaban J connectivity index is 1.78. The Kier molecular flexibility index (Phi) is 5.64. The van der Waals surface area contributed by atoms with Crippen molar-refractivity contribution in [3.8, 4) is 0 Å². The van der Waals surface area contributed by atoms with Gasteiger partial charge in [-0.05, 0) is 31.0 Å². The molecule has 0 radical (unpaired) electrons. The lowest BCUT2D eigenvalue weighted by Crippen LogP contribution is -2.37. The maximum atomic E-state index is 12.9. The van der Waals surface area contributed by atoms with Crippen LogP contribution in [-0.4, -0.2) is 47.3 Å². The van der Waals surface area contributed by atoms with Crippen LogP contribution in [0, 0.1) is 0 Å². The largest absolute Gasteiger partial charge is 0.416 e. The van der Waals surface area contributed by atoms with Crippen LogP contribution in [0.15, 0.2) is 18.2 Å². The Morgan fingerprint density at radius 2 is 1.92 bits per heavy atom. The summed E-state index contributed by atoms with van der Waals surface area (Å²) in [6.07, 6.45) is -1.70. The number of nitrogens with zero attached hydrogens (tertiary/aromatic N) is 3. The van der Waals surface area contributed by atoms with E-state index in [1.165, 1.54) is 0 Å². The van der Waals surface area contributed by atoms with E-state index in [2.05, 4.69) is 21.4 Å². The predicted octanol–water partition coefficient (Wildman–Crippen LogP) is 3.73. The van der Waals surface area contributed by atoms with Gasteiger partial charge in [-0.3, -0.25) is 4.90 Å². The molecular formula is C18H24F3N3O. The van der Waals surface area contributed by atoms with Crippen LogP contribution in [0.2, 0.25) is 0 Å². The van der Waals surface area contributed by atoms with Crippen molar-refractivity contribution in [2.24, 2.45) is 0 Å². The fourth-order valence-electron chi connectivity index (χ4n) is 3.30. The van der Waals surface area contributed by atoms with E-state index in [1.807, 2.05) is 0 Å². The molecule has 138 valence electrons. The first-order chi connectivity index (χ1) is 12.0. The van der Waals surface area contributed by atoms with Crippen molar-refractivity contribution in [3.63, 3.8) is 0 Å². The summed E-state index contributed by atoms with van der Waals surface area (Å²) in [6.45, 7) is 7.23. The van der Waals surface area contributed by atoms with Gasteiger partial charge >= 0.3 is 6.18 Å². The Morgan fingerprint density at radius 3 is 2.60 bits per heavy atom. The molecule has 1 aromatic heterocycles. The molecule has 0 bridgehead atoms. The minimum Gasteiger partial charge on any atom is -0.379 e. The van der Waals surface area contributed by atoms with Gasteiger partial charge in [0, 0.05) is 32.6 Å². The molecule has 2 heterocycles. The summed E-state index contributed by atoms with van der Waals surface area (Å²) in [4.78, 5) is 6.84. The number of imidazole rings is 1. The average molecular weight is 355 g/mol. The zero-order valence-corrected chi connectivity index (χ0v) is 14.5. The first kappa shape index (κ1) is 18.2. The van der Waals surface area contributed by atoms with E-state index in [0.717, 1.165) is 82.1 Å². The number of aromatic nitrogens is 2. The van der Waals surface area contributed by atoms with Crippen molar-refractivity contribution in [3.05, 3.63) is 29.6 Å². The van der Waals surface area contributed by atoms with Crippen LogP contribution < -0.4 is 0 Å². The highest BCUT2D eigenvalue weighted by Crippen LogP contribution is 2.31. The number of aryl methyl sites for hydroxylation is 2. The summed E-state index contributed by atoms with van der Waals surface area (Å²) in [6, 6.07) is 3.87. The van der Waals surface area contributed by atoms with Gasteiger partial charge in [-0.15, -0.1) is 0 Å². The van der Waals surface area contributed by atoms with Gasteiger partial charge in [0.25, 0.3) is 0 Å². The number of hydrogen-bond donors (Lipinski definition) is 0. The summed E-state index contributed by atoms with van der Waals surface area (Å²) >= 11 is 0.